The Kier molecular flexibility index (Phi) is 10.4. The highest BCUT2D eigenvalue weighted by molar-refractivity contribution is 7.79. The topological polar surface area (TPSA) is 92.5 Å². The number of hydrogen-bond acceptors (Lipinski definition) is 9. The SMILES string of the molecule is CCOP1(Oc2ccccc2C)=NP(Oc2ccccc2C)(Oc2ccccc2C)=NP(Oc2ccccc2C)(Oc2ccccc2C)=N1. The molecule has 0 saturated heterocycles. The summed E-state index contributed by atoms with van der Waals surface area (Å²) in [6, 6.07) is 38.3. The van der Waals surface area contributed by atoms with Crippen LogP contribution in [0.3, 0.4) is 0 Å². The van der Waals surface area contributed by atoms with Gasteiger partial charge in [-0.1, -0.05) is 95.5 Å². The molecule has 6 rings (SSSR count). The van der Waals surface area contributed by atoms with Gasteiger partial charge >= 0.3 is 23.0 Å². The molecule has 0 N–H and O–H groups in total. The molecule has 49 heavy (non-hydrogen) atoms. The molecule has 12 heteroatoms. The Balaban J connectivity index is 1.73. The molecule has 254 valence electrons. The molecule has 5 aromatic carbocycles. The zero-order valence-electron chi connectivity index (χ0n) is 28.4. The monoisotopic (exact) mass is 715 g/mol. The number of hydrogen-bond donors (Lipinski definition) is 0. The molecular formula is C37H40N3O6P3. The van der Waals surface area contributed by atoms with E-state index in [0.717, 1.165) is 27.8 Å². The van der Waals surface area contributed by atoms with Gasteiger partial charge in [0.15, 0.2) is 0 Å². The molecule has 0 aromatic heterocycles. The van der Waals surface area contributed by atoms with Gasteiger partial charge in [0, 0.05) is 0 Å². The summed E-state index contributed by atoms with van der Waals surface area (Å²) in [5.74, 6) is 2.69. The fourth-order valence-electron chi connectivity index (χ4n) is 4.88. The first kappa shape index (κ1) is 34.6. The summed E-state index contributed by atoms with van der Waals surface area (Å²) in [6.45, 7) is 11.9. The molecule has 5 aromatic rings. The predicted octanol–water partition coefficient (Wildman–Crippen LogP) is 12.8. The average molecular weight is 716 g/mol. The summed E-state index contributed by atoms with van der Waals surface area (Å²) < 4.78 is 56.8. The Morgan fingerprint density at radius 3 is 0.857 bits per heavy atom. The van der Waals surface area contributed by atoms with Crippen molar-refractivity contribution >= 4 is 23.0 Å². The van der Waals surface area contributed by atoms with Crippen molar-refractivity contribution in [3.8, 4) is 28.7 Å². The van der Waals surface area contributed by atoms with Gasteiger partial charge in [0.05, 0.1) is 6.61 Å². The number of nitrogens with zero attached hydrogens (tertiary/aromatic N) is 3. The Labute approximate surface area is 289 Å². The second-order valence-corrected chi connectivity index (χ2v) is 17.7. The number of benzene rings is 5. The van der Waals surface area contributed by atoms with Gasteiger partial charge in [-0.15, -0.1) is 9.03 Å². The largest absolute Gasteiger partial charge is 0.460 e. The first-order valence-corrected chi connectivity index (χ1v) is 20.5. The third-order valence-corrected chi connectivity index (χ3v) is 15.7. The van der Waals surface area contributed by atoms with Crippen LogP contribution in [0.5, 0.6) is 28.7 Å². The van der Waals surface area contributed by atoms with Crippen LogP contribution in [0.4, 0.5) is 0 Å². The maximum atomic E-state index is 6.92. The van der Waals surface area contributed by atoms with Gasteiger partial charge in [-0.3, -0.25) is 4.52 Å². The third kappa shape index (κ3) is 7.98. The van der Waals surface area contributed by atoms with Crippen molar-refractivity contribution in [3.05, 3.63) is 149 Å². The summed E-state index contributed by atoms with van der Waals surface area (Å²) in [4.78, 5) is 0. The van der Waals surface area contributed by atoms with Crippen molar-refractivity contribution in [1.82, 2.24) is 0 Å². The van der Waals surface area contributed by atoms with E-state index in [1.54, 1.807) is 0 Å². The maximum absolute atomic E-state index is 6.92. The molecule has 0 radical (unpaired) electrons. The fourth-order valence-corrected chi connectivity index (χ4v) is 14.3. The van der Waals surface area contributed by atoms with Crippen molar-refractivity contribution < 1.29 is 27.1 Å². The Hall–Kier alpha value is -4.25. The molecule has 1 atom stereocenters. The number of para-hydroxylation sites is 5. The molecule has 0 saturated carbocycles. The van der Waals surface area contributed by atoms with Gasteiger partial charge in [-0.2, -0.15) is 0 Å². The van der Waals surface area contributed by atoms with E-state index < -0.39 is 23.0 Å². The lowest BCUT2D eigenvalue weighted by atomic mass is 10.2. The van der Waals surface area contributed by atoms with Crippen LogP contribution in [0.15, 0.2) is 135 Å². The van der Waals surface area contributed by atoms with Gasteiger partial charge in [-0.05, 0) is 99.7 Å². The van der Waals surface area contributed by atoms with Crippen molar-refractivity contribution in [3.63, 3.8) is 0 Å². The van der Waals surface area contributed by atoms with E-state index in [4.69, 9.17) is 40.7 Å². The first-order valence-electron chi connectivity index (χ1n) is 15.9. The number of aryl methyl sites for hydroxylation is 5. The van der Waals surface area contributed by atoms with Crippen LogP contribution in [0.25, 0.3) is 0 Å². The lowest BCUT2D eigenvalue weighted by Gasteiger charge is -2.34. The van der Waals surface area contributed by atoms with Crippen LogP contribution in [-0.2, 0) is 4.52 Å². The summed E-state index contributed by atoms with van der Waals surface area (Å²) in [6.07, 6.45) is 0. The first-order chi connectivity index (χ1) is 23.6. The minimum Gasteiger partial charge on any atom is -0.422 e. The van der Waals surface area contributed by atoms with E-state index in [2.05, 4.69) is 0 Å². The van der Waals surface area contributed by atoms with E-state index in [1.165, 1.54) is 0 Å². The molecular weight excluding hydrogens is 675 g/mol. The minimum absolute atomic E-state index is 0.218. The normalized spacial score (nSPS) is 17.4. The van der Waals surface area contributed by atoms with Gasteiger partial charge < -0.3 is 22.6 Å². The molecule has 0 amide bonds. The van der Waals surface area contributed by atoms with Gasteiger partial charge in [0.25, 0.3) is 0 Å². The van der Waals surface area contributed by atoms with Crippen molar-refractivity contribution in [2.24, 2.45) is 13.5 Å². The third-order valence-electron chi connectivity index (χ3n) is 7.53. The molecule has 0 bridgehead atoms. The quantitative estimate of drug-likeness (QED) is 0.119. The Morgan fingerprint density at radius 2 is 0.592 bits per heavy atom. The minimum atomic E-state index is -3.86. The zero-order valence-corrected chi connectivity index (χ0v) is 31.1. The number of rotatable bonds is 12. The van der Waals surface area contributed by atoms with Crippen LogP contribution >= 0.6 is 23.0 Å². The van der Waals surface area contributed by atoms with Crippen molar-refractivity contribution in [2.45, 2.75) is 41.5 Å². The second-order valence-electron chi connectivity index (χ2n) is 11.4. The average Bonchev–Trinajstić information content (AvgIpc) is 3.07. The van der Waals surface area contributed by atoms with Gasteiger partial charge in [0.2, 0.25) is 0 Å². The lowest BCUT2D eigenvalue weighted by molar-refractivity contribution is 0.322. The predicted molar refractivity (Wildman–Crippen MR) is 199 cm³/mol. The molecule has 9 nitrogen and oxygen atoms in total. The van der Waals surface area contributed by atoms with Crippen LogP contribution < -0.4 is 22.6 Å². The van der Waals surface area contributed by atoms with Crippen molar-refractivity contribution in [1.29, 1.82) is 0 Å². The zero-order chi connectivity index (χ0) is 34.5. The van der Waals surface area contributed by atoms with E-state index in [0.29, 0.717) is 28.7 Å². The van der Waals surface area contributed by atoms with Crippen LogP contribution in [-0.4, -0.2) is 6.61 Å². The molecule has 0 fully saturated rings. The highest BCUT2D eigenvalue weighted by Crippen LogP contribution is 2.79. The van der Waals surface area contributed by atoms with Crippen molar-refractivity contribution in [2.75, 3.05) is 6.61 Å². The van der Waals surface area contributed by atoms with Crippen LogP contribution in [0.2, 0.25) is 0 Å². The summed E-state index contributed by atoms with van der Waals surface area (Å²) in [5, 5.41) is 0. The van der Waals surface area contributed by atoms with E-state index in [-0.39, 0.29) is 6.61 Å². The Morgan fingerprint density at radius 1 is 0.367 bits per heavy atom. The molecule has 0 aliphatic carbocycles. The standard InChI is InChI=1S/C37H40N3O6P3/c1-7-41-47(42-33-23-13-8-18-28(33)2)38-48(43-34-24-14-9-19-29(34)3,44-35-25-15-10-20-30(35)4)40-49(39-47,45-36-26-16-11-21-31(36)5)46-37-27-17-12-22-32(37)6/h8-27H,7H2,1-6H3. The van der Waals surface area contributed by atoms with E-state index in [1.807, 2.05) is 163 Å². The van der Waals surface area contributed by atoms with Gasteiger partial charge in [0.1, 0.15) is 28.7 Å². The van der Waals surface area contributed by atoms with Crippen LogP contribution in [0, 0.1) is 34.6 Å². The fraction of sp³-hybridized carbons (Fsp3) is 0.189. The smallest absolute Gasteiger partial charge is 0.422 e. The summed E-state index contributed by atoms with van der Waals surface area (Å²) in [7, 11) is -11.5. The Bertz CT molecular complexity index is 1950. The molecule has 1 aliphatic heterocycles. The summed E-state index contributed by atoms with van der Waals surface area (Å²) in [5.41, 5.74) is 4.35. The highest BCUT2D eigenvalue weighted by Gasteiger charge is 2.48. The lowest BCUT2D eigenvalue weighted by Crippen LogP contribution is -2.11. The van der Waals surface area contributed by atoms with Gasteiger partial charge in [-0.25, -0.2) is 0 Å². The molecule has 1 heterocycles. The van der Waals surface area contributed by atoms with Crippen LogP contribution in [0.1, 0.15) is 34.7 Å². The summed E-state index contributed by atoms with van der Waals surface area (Å²) >= 11 is 0. The molecule has 1 unspecified atom stereocenters. The highest BCUT2D eigenvalue weighted by atomic mass is 31.3. The maximum Gasteiger partial charge on any atom is 0.460 e. The molecule has 0 spiro atoms. The molecule has 1 aliphatic rings. The van der Waals surface area contributed by atoms with E-state index in [9.17, 15) is 0 Å². The van der Waals surface area contributed by atoms with E-state index >= 15 is 0 Å². The second kappa shape index (κ2) is 14.7.